The summed E-state index contributed by atoms with van der Waals surface area (Å²) in [5.74, 6) is 0.526. The molecule has 1 unspecified atom stereocenters. The maximum atomic E-state index is 9.63. The number of aliphatic hydroxyl groups is 1. The van der Waals surface area contributed by atoms with Gasteiger partial charge in [-0.2, -0.15) is 0 Å². The van der Waals surface area contributed by atoms with Crippen molar-refractivity contribution in [3.05, 3.63) is 36.5 Å². The summed E-state index contributed by atoms with van der Waals surface area (Å²) in [6, 6.07) is 0. The quantitative estimate of drug-likeness (QED) is 0.633. The minimum absolute atomic E-state index is 0.223. The number of hydrogen-bond donors (Lipinski definition) is 1. The van der Waals surface area contributed by atoms with Gasteiger partial charge < -0.3 is 5.11 Å². The van der Waals surface area contributed by atoms with Gasteiger partial charge in [0.15, 0.2) is 0 Å². The van der Waals surface area contributed by atoms with Gasteiger partial charge in [-0.15, -0.1) is 0 Å². The molecule has 1 N–H and O–H groups in total. The van der Waals surface area contributed by atoms with Gasteiger partial charge in [0.25, 0.3) is 0 Å². The first-order valence-electron chi connectivity index (χ1n) is 4.39. The molecular weight excluding hydrogens is 148 g/mol. The average Bonchev–Trinajstić information content (AvgIpc) is 2.86. The molecule has 0 radical (unpaired) electrons. The minimum atomic E-state index is -0.223. The maximum Gasteiger partial charge on any atom is 0.0778 e. The van der Waals surface area contributed by atoms with Crippen LogP contribution in [0.4, 0.5) is 0 Å². The molecule has 0 aromatic rings. The molecule has 1 fully saturated rings. The van der Waals surface area contributed by atoms with Crippen molar-refractivity contribution in [3.8, 4) is 0 Å². The average molecular weight is 164 g/mol. The van der Waals surface area contributed by atoms with Crippen molar-refractivity contribution in [3.63, 3.8) is 0 Å². The van der Waals surface area contributed by atoms with E-state index in [2.05, 4.69) is 6.58 Å². The van der Waals surface area contributed by atoms with Crippen LogP contribution in [0.2, 0.25) is 0 Å². The summed E-state index contributed by atoms with van der Waals surface area (Å²) >= 11 is 0. The fourth-order valence-electron chi connectivity index (χ4n) is 1.17. The number of allylic oxidation sites excluding steroid dienone is 4. The molecule has 0 saturated heterocycles. The van der Waals surface area contributed by atoms with Gasteiger partial charge in [0, 0.05) is 0 Å². The van der Waals surface area contributed by atoms with E-state index >= 15 is 0 Å². The van der Waals surface area contributed by atoms with Crippen LogP contribution in [0, 0.1) is 5.92 Å². The van der Waals surface area contributed by atoms with E-state index in [4.69, 9.17) is 0 Å². The molecule has 0 bridgehead atoms. The summed E-state index contributed by atoms with van der Waals surface area (Å²) in [4.78, 5) is 0. The van der Waals surface area contributed by atoms with E-state index in [0.29, 0.717) is 5.92 Å². The molecule has 1 nitrogen and oxygen atoms in total. The Kier molecular flexibility index (Phi) is 3.30. The molecule has 1 atom stereocenters. The second-order valence-corrected chi connectivity index (χ2v) is 3.31. The summed E-state index contributed by atoms with van der Waals surface area (Å²) < 4.78 is 0. The van der Waals surface area contributed by atoms with Gasteiger partial charge in [-0.1, -0.05) is 30.9 Å². The lowest BCUT2D eigenvalue weighted by molar-refractivity contribution is 0.187. The van der Waals surface area contributed by atoms with Crippen LogP contribution < -0.4 is 0 Å². The van der Waals surface area contributed by atoms with Crippen LogP contribution >= 0.6 is 0 Å². The number of hydrogen-bond acceptors (Lipinski definition) is 1. The molecule has 0 aliphatic heterocycles. The van der Waals surface area contributed by atoms with E-state index in [1.54, 1.807) is 6.08 Å². The van der Waals surface area contributed by atoms with Crippen molar-refractivity contribution < 1.29 is 5.11 Å². The highest BCUT2D eigenvalue weighted by atomic mass is 16.3. The Morgan fingerprint density at radius 3 is 2.67 bits per heavy atom. The highest BCUT2D eigenvalue weighted by Crippen LogP contribution is 2.35. The van der Waals surface area contributed by atoms with Crippen molar-refractivity contribution in [2.24, 2.45) is 5.92 Å². The van der Waals surface area contributed by atoms with Crippen molar-refractivity contribution in [2.45, 2.75) is 25.9 Å². The van der Waals surface area contributed by atoms with E-state index in [0.717, 1.165) is 5.57 Å². The van der Waals surface area contributed by atoms with Crippen LogP contribution in [0.25, 0.3) is 0 Å². The monoisotopic (exact) mass is 164 g/mol. The molecule has 0 aromatic carbocycles. The summed E-state index contributed by atoms with van der Waals surface area (Å²) in [5.41, 5.74) is 1.05. The molecule has 0 amide bonds. The van der Waals surface area contributed by atoms with Gasteiger partial charge in [0.1, 0.15) is 0 Å². The second kappa shape index (κ2) is 4.27. The molecule has 1 heteroatoms. The van der Waals surface area contributed by atoms with E-state index in [9.17, 15) is 5.11 Å². The molecule has 0 aromatic heterocycles. The van der Waals surface area contributed by atoms with E-state index in [-0.39, 0.29) is 6.10 Å². The summed E-state index contributed by atoms with van der Waals surface area (Å²) in [6.45, 7) is 5.54. The second-order valence-electron chi connectivity index (χ2n) is 3.31. The molecule has 1 aliphatic rings. The fourth-order valence-corrected chi connectivity index (χ4v) is 1.17. The fraction of sp³-hybridized carbons (Fsp3) is 0.455. The van der Waals surface area contributed by atoms with Crippen molar-refractivity contribution in [2.75, 3.05) is 0 Å². The van der Waals surface area contributed by atoms with Gasteiger partial charge >= 0.3 is 0 Å². The van der Waals surface area contributed by atoms with Gasteiger partial charge in [0.2, 0.25) is 0 Å². The summed E-state index contributed by atoms with van der Waals surface area (Å²) in [6.07, 6.45) is 9.59. The predicted octanol–water partition coefficient (Wildman–Crippen LogP) is 2.45. The van der Waals surface area contributed by atoms with Gasteiger partial charge in [-0.3, -0.25) is 0 Å². The normalized spacial score (nSPS) is 21.3. The molecule has 66 valence electrons. The Morgan fingerprint density at radius 1 is 1.50 bits per heavy atom. The zero-order valence-electron chi connectivity index (χ0n) is 7.53. The molecule has 1 saturated carbocycles. The Labute approximate surface area is 74.1 Å². The van der Waals surface area contributed by atoms with Crippen LogP contribution in [-0.4, -0.2) is 11.2 Å². The van der Waals surface area contributed by atoms with E-state index < -0.39 is 0 Å². The lowest BCUT2D eigenvalue weighted by Crippen LogP contribution is -2.09. The van der Waals surface area contributed by atoms with Crippen molar-refractivity contribution in [1.82, 2.24) is 0 Å². The molecule has 1 aliphatic carbocycles. The topological polar surface area (TPSA) is 20.2 Å². The van der Waals surface area contributed by atoms with Crippen LogP contribution in [-0.2, 0) is 0 Å². The summed E-state index contributed by atoms with van der Waals surface area (Å²) in [7, 11) is 0. The lowest BCUT2D eigenvalue weighted by atomic mass is 10.1. The smallest absolute Gasteiger partial charge is 0.0778 e. The van der Waals surface area contributed by atoms with Crippen LogP contribution in [0.3, 0.4) is 0 Å². The van der Waals surface area contributed by atoms with Crippen LogP contribution in [0.1, 0.15) is 19.8 Å². The zero-order chi connectivity index (χ0) is 8.97. The third-order valence-corrected chi connectivity index (χ3v) is 2.14. The van der Waals surface area contributed by atoms with Gasteiger partial charge in [-0.25, -0.2) is 0 Å². The highest BCUT2D eigenvalue weighted by molar-refractivity contribution is 5.18. The third kappa shape index (κ3) is 2.67. The lowest BCUT2D eigenvalue weighted by Gasteiger charge is -2.07. The van der Waals surface area contributed by atoms with Gasteiger partial charge in [-0.05, 0) is 31.3 Å². The Bertz CT molecular complexity index is 209. The minimum Gasteiger partial charge on any atom is -0.388 e. The zero-order valence-corrected chi connectivity index (χ0v) is 7.53. The number of rotatable bonds is 4. The first-order valence-corrected chi connectivity index (χ1v) is 4.39. The van der Waals surface area contributed by atoms with Crippen molar-refractivity contribution in [1.29, 1.82) is 0 Å². The third-order valence-electron chi connectivity index (χ3n) is 2.14. The largest absolute Gasteiger partial charge is 0.388 e. The molecular formula is C11H16O. The molecule has 0 heterocycles. The van der Waals surface area contributed by atoms with Crippen LogP contribution in [0.15, 0.2) is 36.5 Å². The molecule has 12 heavy (non-hydrogen) atoms. The highest BCUT2D eigenvalue weighted by Gasteiger charge is 2.30. The molecule has 0 spiro atoms. The van der Waals surface area contributed by atoms with Gasteiger partial charge in [0.05, 0.1) is 6.10 Å². The Morgan fingerprint density at radius 2 is 2.17 bits per heavy atom. The predicted molar refractivity (Wildman–Crippen MR) is 51.8 cm³/mol. The van der Waals surface area contributed by atoms with E-state index in [1.165, 1.54) is 12.8 Å². The molecule has 1 rings (SSSR count). The maximum absolute atomic E-state index is 9.63. The Balaban J connectivity index is 2.43. The first kappa shape index (κ1) is 9.27. The van der Waals surface area contributed by atoms with E-state index in [1.807, 2.05) is 25.2 Å². The Hall–Kier alpha value is -0.820. The number of aliphatic hydroxyl groups excluding tert-OH is 1. The first-order chi connectivity index (χ1) is 5.75. The van der Waals surface area contributed by atoms with Crippen LogP contribution in [0.5, 0.6) is 0 Å². The summed E-state index contributed by atoms with van der Waals surface area (Å²) in [5, 5.41) is 9.63. The standard InChI is InChI=1S/C11H16O/c1-3-4-5-6-9(2)11(12)10-7-8-10/h3-6,10-12H,1,7-8H2,2H3/b5-4-,9-6+. The SMILES string of the molecule is C=C/C=C\C=C(/C)C(O)C1CC1. The van der Waals surface area contributed by atoms with Crippen molar-refractivity contribution >= 4 is 0 Å².